The van der Waals surface area contributed by atoms with Gasteiger partial charge in [0, 0.05) is 6.04 Å². The molecule has 1 N–H and O–H groups in total. The maximum Gasteiger partial charge on any atom is 0.329 e. The van der Waals surface area contributed by atoms with E-state index in [1.165, 1.54) is 11.8 Å². The lowest BCUT2D eigenvalue weighted by Gasteiger charge is -2.24. The van der Waals surface area contributed by atoms with Gasteiger partial charge < -0.3 is 10.1 Å². The van der Waals surface area contributed by atoms with Crippen LogP contribution in [0.5, 0.6) is 0 Å². The monoisotopic (exact) mass is 404 g/mol. The van der Waals surface area contributed by atoms with E-state index in [-0.39, 0.29) is 29.5 Å². The second-order valence-electron chi connectivity index (χ2n) is 7.12. The number of carbonyl (C=O) groups is 4. The van der Waals surface area contributed by atoms with Gasteiger partial charge in [-0.25, -0.2) is 4.79 Å². The number of nitrogens with zero attached hydrogens (tertiary/aromatic N) is 1. The molecular formula is C20H24N2O5S. The number of esters is 1. The van der Waals surface area contributed by atoms with E-state index in [0.29, 0.717) is 11.7 Å². The Hall–Kier alpha value is -2.35. The highest BCUT2D eigenvalue weighted by Gasteiger charge is 2.43. The number of imide groups is 1. The Morgan fingerprint density at radius 2 is 1.82 bits per heavy atom. The zero-order valence-corrected chi connectivity index (χ0v) is 16.8. The third-order valence-corrected chi connectivity index (χ3v) is 5.71. The Balaban J connectivity index is 1.66. The van der Waals surface area contributed by atoms with Crippen LogP contribution in [0.15, 0.2) is 24.3 Å². The van der Waals surface area contributed by atoms with Crippen molar-refractivity contribution in [1.82, 2.24) is 10.2 Å². The van der Waals surface area contributed by atoms with E-state index in [2.05, 4.69) is 5.32 Å². The molecule has 28 heavy (non-hydrogen) atoms. The third-order valence-electron chi connectivity index (χ3n) is 5.07. The molecule has 0 saturated heterocycles. The quantitative estimate of drug-likeness (QED) is 0.499. The normalized spacial score (nSPS) is 17.9. The molecule has 2 atom stereocenters. The molecule has 3 rings (SSSR count). The van der Waals surface area contributed by atoms with Gasteiger partial charge in [0.15, 0.2) is 6.61 Å². The highest BCUT2D eigenvalue weighted by Crippen LogP contribution is 2.32. The molecule has 1 aromatic carbocycles. The number of hydrogen-bond acceptors (Lipinski definition) is 6. The van der Waals surface area contributed by atoms with Gasteiger partial charge in [-0.1, -0.05) is 12.1 Å². The molecule has 1 aliphatic heterocycles. The molecule has 150 valence electrons. The second kappa shape index (κ2) is 8.77. The first-order valence-electron chi connectivity index (χ1n) is 9.36. The molecule has 1 aromatic rings. The zero-order valence-electron chi connectivity index (χ0n) is 16.0. The minimum atomic E-state index is -1.05. The second-order valence-corrected chi connectivity index (χ2v) is 8.11. The van der Waals surface area contributed by atoms with Crippen LogP contribution in [-0.2, 0) is 14.3 Å². The minimum absolute atomic E-state index is 0.0507. The standard InChI is InChI=1S/C20H24N2O5S/c1-12(13-7-8-13)21-17(23)11-27-20(26)16(9-10-28-2)22-18(24)14-5-3-4-6-15(14)19(22)25/h3-6,12-13,16H,7-11H2,1-2H3,(H,21,23)/t12-,16-/m0/s1. The Morgan fingerprint density at radius 1 is 1.21 bits per heavy atom. The van der Waals surface area contributed by atoms with Crippen LogP contribution in [0.2, 0.25) is 0 Å². The number of amides is 3. The number of benzene rings is 1. The van der Waals surface area contributed by atoms with Crippen molar-refractivity contribution in [3.63, 3.8) is 0 Å². The number of fused-ring (bicyclic) bond motifs is 1. The van der Waals surface area contributed by atoms with E-state index < -0.39 is 30.4 Å². The van der Waals surface area contributed by atoms with Crippen LogP contribution in [0.25, 0.3) is 0 Å². The van der Waals surface area contributed by atoms with Crippen LogP contribution < -0.4 is 5.32 Å². The van der Waals surface area contributed by atoms with Crippen molar-refractivity contribution in [2.45, 2.75) is 38.3 Å². The summed E-state index contributed by atoms with van der Waals surface area (Å²) in [5.74, 6) is -1.06. The average molecular weight is 404 g/mol. The van der Waals surface area contributed by atoms with Crippen molar-refractivity contribution in [3.05, 3.63) is 35.4 Å². The molecule has 2 aliphatic rings. The van der Waals surface area contributed by atoms with E-state index in [4.69, 9.17) is 4.74 Å². The fourth-order valence-corrected chi connectivity index (χ4v) is 3.77. The first-order chi connectivity index (χ1) is 13.4. The molecule has 0 radical (unpaired) electrons. The summed E-state index contributed by atoms with van der Waals surface area (Å²) >= 11 is 1.50. The van der Waals surface area contributed by atoms with E-state index >= 15 is 0 Å². The van der Waals surface area contributed by atoms with Gasteiger partial charge in [-0.3, -0.25) is 19.3 Å². The highest BCUT2D eigenvalue weighted by molar-refractivity contribution is 7.98. The first kappa shape index (κ1) is 20.4. The molecule has 1 aliphatic carbocycles. The lowest BCUT2D eigenvalue weighted by atomic mass is 10.1. The third kappa shape index (κ3) is 4.38. The molecule has 8 heteroatoms. The van der Waals surface area contributed by atoms with E-state index in [0.717, 1.165) is 17.7 Å². The highest BCUT2D eigenvalue weighted by atomic mass is 32.2. The van der Waals surface area contributed by atoms with E-state index in [9.17, 15) is 19.2 Å². The van der Waals surface area contributed by atoms with E-state index in [1.807, 2.05) is 13.2 Å². The van der Waals surface area contributed by atoms with Gasteiger partial charge in [0.25, 0.3) is 17.7 Å². The largest absolute Gasteiger partial charge is 0.454 e. The van der Waals surface area contributed by atoms with Gasteiger partial charge in [-0.2, -0.15) is 11.8 Å². The number of rotatable bonds is 9. The summed E-state index contributed by atoms with van der Waals surface area (Å²) in [6.07, 6.45) is 4.33. The summed E-state index contributed by atoms with van der Waals surface area (Å²) in [7, 11) is 0. The summed E-state index contributed by atoms with van der Waals surface area (Å²) in [4.78, 5) is 51.0. The minimum Gasteiger partial charge on any atom is -0.454 e. The van der Waals surface area contributed by atoms with Crippen molar-refractivity contribution in [1.29, 1.82) is 0 Å². The molecule has 7 nitrogen and oxygen atoms in total. The molecule has 0 unspecified atom stereocenters. The number of ether oxygens (including phenoxy) is 1. The van der Waals surface area contributed by atoms with Gasteiger partial charge >= 0.3 is 5.97 Å². The number of nitrogens with one attached hydrogen (secondary N) is 1. The van der Waals surface area contributed by atoms with Gasteiger partial charge in [0.2, 0.25) is 0 Å². The zero-order chi connectivity index (χ0) is 20.3. The van der Waals surface area contributed by atoms with E-state index in [1.54, 1.807) is 24.3 Å². The molecule has 1 heterocycles. The fraction of sp³-hybridized carbons (Fsp3) is 0.500. The first-order valence-corrected chi connectivity index (χ1v) is 10.7. The van der Waals surface area contributed by atoms with Crippen LogP contribution >= 0.6 is 11.8 Å². The predicted octanol–water partition coefficient (Wildman–Crippen LogP) is 1.86. The van der Waals surface area contributed by atoms with Crippen LogP contribution in [0, 0.1) is 5.92 Å². The summed E-state index contributed by atoms with van der Waals surface area (Å²) < 4.78 is 5.17. The van der Waals surface area contributed by atoms with Crippen molar-refractivity contribution in [2.24, 2.45) is 5.92 Å². The number of carbonyl (C=O) groups excluding carboxylic acids is 4. The van der Waals surface area contributed by atoms with Crippen molar-refractivity contribution in [2.75, 3.05) is 18.6 Å². The van der Waals surface area contributed by atoms with Crippen molar-refractivity contribution >= 4 is 35.5 Å². The van der Waals surface area contributed by atoms with Gasteiger partial charge in [-0.05, 0) is 56.2 Å². The van der Waals surface area contributed by atoms with Gasteiger partial charge in [0.05, 0.1) is 11.1 Å². The number of hydrogen-bond donors (Lipinski definition) is 1. The molecule has 0 aromatic heterocycles. The molecular weight excluding hydrogens is 380 g/mol. The maximum atomic E-state index is 12.7. The molecule has 3 amide bonds. The summed E-state index contributed by atoms with van der Waals surface area (Å²) in [5, 5.41) is 2.81. The van der Waals surface area contributed by atoms with Crippen LogP contribution in [0.4, 0.5) is 0 Å². The lowest BCUT2D eigenvalue weighted by molar-refractivity contribution is -0.152. The van der Waals surface area contributed by atoms with Crippen molar-refractivity contribution in [3.8, 4) is 0 Å². The molecule has 1 fully saturated rings. The smallest absolute Gasteiger partial charge is 0.329 e. The van der Waals surface area contributed by atoms with Crippen LogP contribution in [0.3, 0.4) is 0 Å². The fourth-order valence-electron chi connectivity index (χ4n) is 3.32. The topological polar surface area (TPSA) is 92.8 Å². The lowest BCUT2D eigenvalue weighted by Crippen LogP contribution is -2.47. The molecule has 1 saturated carbocycles. The van der Waals surface area contributed by atoms with Gasteiger partial charge in [-0.15, -0.1) is 0 Å². The Bertz CT molecular complexity index is 758. The predicted molar refractivity (Wildman–Crippen MR) is 105 cm³/mol. The Morgan fingerprint density at radius 3 is 2.36 bits per heavy atom. The Kier molecular flexibility index (Phi) is 6.39. The number of thioether (sulfide) groups is 1. The summed E-state index contributed by atoms with van der Waals surface area (Å²) in [6, 6.07) is 5.49. The SMILES string of the molecule is CSCC[C@@H](C(=O)OCC(=O)N[C@@H](C)C1CC1)N1C(=O)c2ccccc2C1=O. The van der Waals surface area contributed by atoms with Gasteiger partial charge in [0.1, 0.15) is 6.04 Å². The van der Waals surface area contributed by atoms with Crippen LogP contribution in [0.1, 0.15) is 46.9 Å². The Labute approximate surface area is 168 Å². The molecule has 0 bridgehead atoms. The average Bonchev–Trinajstić information content (AvgIpc) is 3.50. The molecule has 0 spiro atoms. The maximum absolute atomic E-state index is 12.7. The van der Waals surface area contributed by atoms with Crippen LogP contribution in [-0.4, -0.2) is 59.3 Å². The van der Waals surface area contributed by atoms with Crippen molar-refractivity contribution < 1.29 is 23.9 Å². The summed E-state index contributed by atoms with van der Waals surface area (Å²) in [6.45, 7) is 1.51. The summed E-state index contributed by atoms with van der Waals surface area (Å²) in [5.41, 5.74) is 0.566.